The molecule has 0 amide bonds. The fourth-order valence-electron chi connectivity index (χ4n) is 3.59. The average molecular weight is 412 g/mol. The molecule has 160 valence electrons. The summed E-state index contributed by atoms with van der Waals surface area (Å²) in [5, 5.41) is 8.70. The lowest BCUT2D eigenvalue weighted by Crippen LogP contribution is -2.25. The monoisotopic (exact) mass is 412 g/mol. The molecule has 8 nitrogen and oxygen atoms in total. The van der Waals surface area contributed by atoms with Gasteiger partial charge in [-0.3, -0.25) is 9.97 Å². The molecule has 0 atom stereocenters. The Morgan fingerprint density at radius 2 is 1.37 bits per heavy atom. The van der Waals surface area contributed by atoms with E-state index in [0.29, 0.717) is 33.0 Å². The lowest BCUT2D eigenvalue weighted by atomic mass is 10.0. The number of nitrogens with two attached hydrogens (primary N) is 1. The molecule has 8 heteroatoms. The van der Waals surface area contributed by atoms with Gasteiger partial charge in [-0.15, -0.1) is 0 Å². The van der Waals surface area contributed by atoms with Crippen LogP contribution in [0.25, 0.3) is 0 Å². The van der Waals surface area contributed by atoms with Crippen molar-refractivity contribution >= 4 is 0 Å². The van der Waals surface area contributed by atoms with Gasteiger partial charge in [0, 0.05) is 29.9 Å². The minimum absolute atomic E-state index is 0.276. The van der Waals surface area contributed by atoms with E-state index >= 15 is 0 Å². The van der Waals surface area contributed by atoms with Gasteiger partial charge in [-0.05, 0) is 32.5 Å². The van der Waals surface area contributed by atoms with Gasteiger partial charge in [0.15, 0.2) is 11.6 Å². The molecule has 2 saturated heterocycles. The molecule has 0 aliphatic carbocycles. The van der Waals surface area contributed by atoms with Crippen LogP contribution < -0.4 is 5.73 Å². The van der Waals surface area contributed by atoms with E-state index in [1.165, 1.54) is 0 Å². The van der Waals surface area contributed by atoms with Crippen molar-refractivity contribution < 1.29 is 18.9 Å². The van der Waals surface area contributed by atoms with E-state index in [1.807, 2.05) is 38.1 Å². The summed E-state index contributed by atoms with van der Waals surface area (Å²) in [6.07, 6.45) is 4.47. The number of hydrogen-bond acceptors (Lipinski definition) is 8. The van der Waals surface area contributed by atoms with Gasteiger partial charge in [-0.25, -0.2) is 0 Å². The molecule has 2 aromatic heterocycles. The highest BCUT2D eigenvalue weighted by atomic mass is 16.7. The van der Waals surface area contributed by atoms with Gasteiger partial charge in [0.05, 0.1) is 50.3 Å². The van der Waals surface area contributed by atoms with E-state index in [2.05, 4.69) is 16.0 Å². The molecule has 30 heavy (non-hydrogen) atoms. The summed E-state index contributed by atoms with van der Waals surface area (Å²) >= 11 is 0. The quantitative estimate of drug-likeness (QED) is 0.795. The second-order valence-corrected chi connectivity index (χ2v) is 7.15. The highest BCUT2D eigenvalue weighted by molar-refractivity contribution is 5.27. The van der Waals surface area contributed by atoms with Crippen LogP contribution in [-0.4, -0.2) is 42.9 Å². The van der Waals surface area contributed by atoms with E-state index in [4.69, 9.17) is 29.9 Å². The van der Waals surface area contributed by atoms with E-state index < -0.39 is 11.6 Å². The molecule has 2 fully saturated rings. The number of aromatic nitrogens is 2. The van der Waals surface area contributed by atoms with Crippen molar-refractivity contribution in [1.82, 2.24) is 9.97 Å². The smallest absolute Gasteiger partial charge is 0.193 e. The van der Waals surface area contributed by atoms with Gasteiger partial charge >= 0.3 is 0 Å². The minimum atomic E-state index is -0.736. The minimum Gasteiger partial charge on any atom is -0.344 e. The highest BCUT2D eigenvalue weighted by Gasteiger charge is 2.36. The van der Waals surface area contributed by atoms with Gasteiger partial charge in [0.1, 0.15) is 0 Å². The van der Waals surface area contributed by atoms with Crippen LogP contribution in [0.15, 0.2) is 36.7 Å². The fraction of sp³-hybridized carbons (Fsp3) is 0.500. The molecule has 0 radical (unpaired) electrons. The van der Waals surface area contributed by atoms with Crippen LogP contribution in [0.4, 0.5) is 0 Å². The maximum atomic E-state index is 8.70. The average Bonchev–Trinajstić information content (AvgIpc) is 3.40. The predicted molar refractivity (Wildman–Crippen MR) is 109 cm³/mol. The third-order valence-electron chi connectivity index (χ3n) is 5.06. The van der Waals surface area contributed by atoms with Crippen LogP contribution in [0.1, 0.15) is 36.4 Å². The van der Waals surface area contributed by atoms with Crippen LogP contribution in [0, 0.1) is 11.3 Å². The van der Waals surface area contributed by atoms with Crippen LogP contribution in [0.3, 0.4) is 0 Å². The van der Waals surface area contributed by atoms with Crippen LogP contribution in [0.5, 0.6) is 0 Å². The second-order valence-electron chi connectivity index (χ2n) is 7.15. The predicted octanol–water partition coefficient (Wildman–Crippen LogP) is 2.17. The molecule has 4 rings (SSSR count). The van der Waals surface area contributed by atoms with Gasteiger partial charge in [0.25, 0.3) is 0 Å². The molecule has 0 saturated carbocycles. The third kappa shape index (κ3) is 5.01. The standard InChI is InChI=1S/C11H16N2O2.C11H12N2O2/c2*1-11(14-7-8-15-11)9-3-2-6-13-10(9)4-5-12/h2-3,6H,4-5,7-8,12H2,1H3;2-3,6H,4,7-8H2,1H3. The Kier molecular flexibility index (Phi) is 7.48. The Labute approximate surface area is 176 Å². The van der Waals surface area contributed by atoms with Crippen molar-refractivity contribution in [2.75, 3.05) is 33.0 Å². The van der Waals surface area contributed by atoms with E-state index in [0.717, 1.165) is 28.9 Å². The SMILES string of the molecule is CC1(c2cccnc2CC#N)OCCO1.CC1(c2cccnc2CCN)OCCO1. The Bertz CT molecular complexity index is 871. The third-order valence-corrected chi connectivity index (χ3v) is 5.06. The van der Waals surface area contributed by atoms with Crippen molar-refractivity contribution in [2.45, 2.75) is 38.3 Å². The Morgan fingerprint density at radius 1 is 0.900 bits per heavy atom. The summed E-state index contributed by atoms with van der Waals surface area (Å²) in [6, 6.07) is 9.70. The van der Waals surface area contributed by atoms with E-state index in [9.17, 15) is 0 Å². The number of nitriles is 1. The first kappa shape index (κ1) is 22.3. The van der Waals surface area contributed by atoms with Gasteiger partial charge in [0.2, 0.25) is 0 Å². The molecule has 0 aromatic carbocycles. The van der Waals surface area contributed by atoms with Crippen molar-refractivity contribution in [1.29, 1.82) is 5.26 Å². The topological polar surface area (TPSA) is 113 Å². The number of ether oxygens (including phenoxy) is 4. The zero-order valence-electron chi connectivity index (χ0n) is 17.5. The molecular formula is C22H28N4O4. The van der Waals surface area contributed by atoms with Crippen molar-refractivity contribution in [3.8, 4) is 6.07 Å². The normalized spacial score (nSPS) is 19.0. The summed E-state index contributed by atoms with van der Waals surface area (Å²) in [4.78, 5) is 8.49. The first-order chi connectivity index (χ1) is 14.5. The zero-order valence-corrected chi connectivity index (χ0v) is 17.5. The van der Waals surface area contributed by atoms with Crippen LogP contribution in [-0.2, 0) is 43.4 Å². The molecule has 2 aliphatic heterocycles. The molecule has 2 aromatic rings. The first-order valence-electron chi connectivity index (χ1n) is 10.0. The summed E-state index contributed by atoms with van der Waals surface area (Å²) in [5.41, 5.74) is 9.08. The molecule has 4 heterocycles. The van der Waals surface area contributed by atoms with Crippen molar-refractivity contribution in [3.63, 3.8) is 0 Å². The summed E-state index contributed by atoms with van der Waals surface area (Å²) in [5.74, 6) is -1.38. The molecule has 2 N–H and O–H groups in total. The van der Waals surface area contributed by atoms with Gasteiger partial charge in [-0.2, -0.15) is 5.26 Å². The largest absolute Gasteiger partial charge is 0.344 e. The highest BCUT2D eigenvalue weighted by Crippen LogP contribution is 2.33. The zero-order chi connectivity index (χ0) is 21.5. The Balaban J connectivity index is 0.000000171. The number of pyridine rings is 2. The van der Waals surface area contributed by atoms with Gasteiger partial charge < -0.3 is 24.7 Å². The molecule has 0 bridgehead atoms. The molecule has 2 aliphatic rings. The summed E-state index contributed by atoms with van der Waals surface area (Å²) in [6.45, 7) is 6.80. The number of nitrogens with zero attached hydrogens (tertiary/aromatic N) is 3. The van der Waals surface area contributed by atoms with Crippen LogP contribution >= 0.6 is 0 Å². The van der Waals surface area contributed by atoms with Crippen LogP contribution in [0.2, 0.25) is 0 Å². The maximum absolute atomic E-state index is 8.70. The van der Waals surface area contributed by atoms with E-state index in [1.54, 1.807) is 12.4 Å². The Morgan fingerprint density at radius 3 is 1.83 bits per heavy atom. The van der Waals surface area contributed by atoms with Crippen molar-refractivity contribution in [3.05, 3.63) is 59.2 Å². The van der Waals surface area contributed by atoms with E-state index in [-0.39, 0.29) is 6.42 Å². The number of hydrogen-bond donors (Lipinski definition) is 1. The molecule has 0 spiro atoms. The summed E-state index contributed by atoms with van der Waals surface area (Å²) in [7, 11) is 0. The first-order valence-corrected chi connectivity index (χ1v) is 10.0. The van der Waals surface area contributed by atoms with Crippen molar-refractivity contribution in [2.24, 2.45) is 5.73 Å². The fourth-order valence-corrected chi connectivity index (χ4v) is 3.59. The lowest BCUT2D eigenvalue weighted by molar-refractivity contribution is -0.150. The Hall–Kier alpha value is -2.41. The number of rotatable bonds is 5. The maximum Gasteiger partial charge on any atom is 0.193 e. The lowest BCUT2D eigenvalue weighted by Gasteiger charge is -2.24. The summed E-state index contributed by atoms with van der Waals surface area (Å²) < 4.78 is 22.3. The second kappa shape index (κ2) is 10.1. The molecule has 0 unspecified atom stereocenters. The van der Waals surface area contributed by atoms with Gasteiger partial charge in [-0.1, -0.05) is 12.1 Å². The molecular weight excluding hydrogens is 384 g/mol.